The van der Waals surface area contributed by atoms with Gasteiger partial charge in [-0.1, -0.05) is 228 Å². The third-order valence-corrected chi connectivity index (χ3v) is 35.1. The Hall–Kier alpha value is -8.12. The molecule has 7 amide bonds. The van der Waals surface area contributed by atoms with Crippen LogP contribution in [0.5, 0.6) is 0 Å². The number of ether oxygens (including phenoxy) is 1. The number of carbonyl (C=O) groups excluding carboxylic acids is 7. The summed E-state index contributed by atoms with van der Waals surface area (Å²) in [5.74, 6) is 0.110. The highest BCUT2D eigenvalue weighted by Gasteiger charge is 2.57. The van der Waals surface area contributed by atoms with Crippen LogP contribution in [0, 0.1) is 47.0 Å². The summed E-state index contributed by atoms with van der Waals surface area (Å²) in [6.45, 7) is 33.8. The Morgan fingerprint density at radius 2 is 0.955 bits per heavy atom. The molecule has 7 aliphatic heterocycles. The van der Waals surface area contributed by atoms with Crippen molar-refractivity contribution in [2.45, 2.75) is 284 Å². The monoisotopic (exact) mass is 1940 g/mol. The van der Waals surface area contributed by atoms with Gasteiger partial charge < -0.3 is 52.0 Å². The first-order valence-electron chi connectivity index (χ1n) is 45.5. The van der Waals surface area contributed by atoms with Crippen LogP contribution in [0.2, 0.25) is 0 Å². The number of rotatable bonds is 22. The van der Waals surface area contributed by atoms with Gasteiger partial charge in [-0.15, -0.1) is 0 Å². The number of hydrogen-bond acceptors (Lipinski definition) is 22. The highest BCUT2D eigenvalue weighted by Crippen LogP contribution is 2.51. The van der Waals surface area contributed by atoms with Crippen LogP contribution in [0.25, 0.3) is 0 Å². The lowest BCUT2D eigenvalue weighted by atomic mass is 9.81. The first-order valence-corrected chi connectivity index (χ1v) is 50.4. The lowest BCUT2D eigenvalue weighted by Gasteiger charge is -2.42. The van der Waals surface area contributed by atoms with E-state index in [2.05, 4.69) is 73.6 Å². The molecule has 6 aromatic rings. The molecule has 10 atom stereocenters. The van der Waals surface area contributed by atoms with Crippen LogP contribution < -0.4 is 21.7 Å². The third-order valence-electron chi connectivity index (χ3n) is 26.5. The Balaban J connectivity index is 0.000000166. The maximum Gasteiger partial charge on any atom is 0.265 e. The number of aliphatic hydroxyl groups is 5. The van der Waals surface area contributed by atoms with Crippen molar-refractivity contribution in [2.75, 3.05) is 13.2 Å². The number of amides is 7. The van der Waals surface area contributed by atoms with Crippen LogP contribution >= 0.6 is 70.6 Å². The van der Waals surface area contributed by atoms with Crippen molar-refractivity contribution >= 4 is 143 Å². The summed E-state index contributed by atoms with van der Waals surface area (Å²) in [4.78, 5) is 112. The molecule has 133 heavy (non-hydrogen) atoms. The number of benzene rings is 6. The summed E-state index contributed by atoms with van der Waals surface area (Å²) in [5, 5.41) is 62.3. The Bertz CT molecular complexity index is 5240. The molecule has 0 bridgehead atoms. The molecule has 32 heteroatoms. The fraction of sp³-hybridized carbons (Fsp3) is 0.515. The van der Waals surface area contributed by atoms with E-state index in [0.29, 0.717) is 88.3 Å². The van der Waals surface area contributed by atoms with Crippen molar-refractivity contribution in [2.24, 2.45) is 65.3 Å². The molecule has 10 N–H and O–H groups in total. The molecule has 23 nitrogen and oxygen atoms in total. The fourth-order valence-corrected chi connectivity index (χ4v) is 23.6. The molecule has 6 aromatic carbocycles. The zero-order valence-corrected chi connectivity index (χ0v) is 83.8. The number of aliphatic hydroxyl groups excluding tert-OH is 3. The van der Waals surface area contributed by atoms with E-state index in [-0.39, 0.29) is 99.1 Å². The van der Waals surface area contributed by atoms with Crippen LogP contribution in [0.15, 0.2) is 182 Å². The molecule has 0 radical (unpaired) electrons. The van der Waals surface area contributed by atoms with Crippen molar-refractivity contribution < 1.29 is 77.0 Å². The van der Waals surface area contributed by atoms with Gasteiger partial charge in [0.05, 0.1) is 57.2 Å². The lowest BCUT2D eigenvalue weighted by molar-refractivity contribution is -0.133. The zero-order valence-electron chi connectivity index (χ0n) is 78.9. The topological polar surface area (TPSA) is 366 Å². The predicted molar refractivity (Wildman–Crippen MR) is 534 cm³/mol. The minimum absolute atomic E-state index is 0.0196. The number of primary amides is 1. The molecule has 9 aliphatic rings. The third kappa shape index (κ3) is 26.8. The van der Waals surface area contributed by atoms with E-state index in [4.69, 9.17) is 15.6 Å². The lowest BCUT2D eigenvalue weighted by Crippen LogP contribution is -2.56. The molecular weight excluding hydrogens is 1810 g/mol. The van der Waals surface area contributed by atoms with Crippen molar-refractivity contribution in [1.82, 2.24) is 16.0 Å². The van der Waals surface area contributed by atoms with E-state index in [1.54, 1.807) is 125 Å². The van der Waals surface area contributed by atoms with Crippen LogP contribution in [-0.2, 0) is 49.6 Å². The molecule has 15 rings (SSSR count). The first kappa shape index (κ1) is 107. The van der Waals surface area contributed by atoms with Gasteiger partial charge in [0.2, 0.25) is 23.6 Å². The van der Waals surface area contributed by atoms with E-state index < -0.39 is 48.2 Å². The van der Waals surface area contributed by atoms with Gasteiger partial charge in [0, 0.05) is 43.6 Å². The highest BCUT2D eigenvalue weighted by atomic mass is 32.2. The Kier molecular flexibility index (Phi) is 36.9. The largest absolute Gasteiger partial charge is 0.393 e. The standard InChI is InChI=1S/C19H18FN3O2S.C19H19FN2O2S.C18H22FNO3S.C17H24N2O2S.2C14H23NO2S/c1-11(14-8-3-4-9-15(14)20)22-18-23-17(25)19(2,26-18)13-7-5-6-12(10-13)16(21)24;1-12(14-5-9-16(20)10-6-14)21-18-22-17(24)19(2,25-18)15-7-3-13(11-23)4-8-15;1-12(13-3-5-14(19)6-4-13)11-15-20-16(21)17(2,24-15)18(22)7-9-23-10-8-18;1-11(2)17(5)14(20)19-15(22-17)18-13(16(3,4)21)12-9-7-6-8-10-12;2*1-9(2)14(3)13(17)15-12(18-14)8-10-4-6-11(16)7-5-10/h3-11H,1-2H3,(H2,21,24)(H,22,23,25);3-10,12,23H,11H2,1-2H3,(H,21,22,24);3-6,12,22H,7-11H2,1-2H3;6-11,13,21H,1-5H3,(H,18,19,20);2*9-11,16H,4-8H2,1-3H3/t11-,19?;12-,19?;12-,17?;13-,17?;2*10?,11?,14-/m000110/s1. The number of nitrogens with one attached hydrogen (secondary N) is 3. The Labute approximate surface area is 805 Å². The second-order valence-corrected chi connectivity index (χ2v) is 46.6. The van der Waals surface area contributed by atoms with Gasteiger partial charge >= 0.3 is 0 Å². The molecule has 6 fully saturated rings. The quantitative estimate of drug-likeness (QED) is 0.0305. The summed E-state index contributed by atoms with van der Waals surface area (Å²) in [6.07, 6.45) is 11.0. The van der Waals surface area contributed by atoms with Gasteiger partial charge in [-0.2, -0.15) is 0 Å². The SMILES string of the molecule is CC(C)C1(C)SC(=N[C@H](c2ccccc2)C(C)(C)O)NC1=O.CC(C)[C@@]1(C)SC(CC2CCC(O)CC2)=NC1=O.CC(C)[C@]1(C)SC(CC2CCC(O)CC2)=NC1=O.C[C@@H](CC1=NC(=O)C(C)(C2(O)CCOCC2)S1)c1ccc(F)cc1.C[C@H](N=C1NC(=O)C(C)(c2ccc(CO)cc2)S1)c1ccc(F)cc1.C[C@H](N=C1NC(=O)C(C)(c2cccc(C(N)=O)c2)S1)c1ccccc1F. The molecule has 2 saturated carbocycles. The summed E-state index contributed by atoms with van der Waals surface area (Å²) in [6, 6.07) is 41.6. The van der Waals surface area contributed by atoms with Crippen LogP contribution in [0.4, 0.5) is 13.2 Å². The van der Waals surface area contributed by atoms with Gasteiger partial charge in [0.15, 0.2) is 15.5 Å². The summed E-state index contributed by atoms with van der Waals surface area (Å²) in [5.41, 5.74) is 9.13. The molecular formula is C101H129F3N10O13S6. The molecule has 0 aromatic heterocycles. The smallest absolute Gasteiger partial charge is 0.265 e. The molecule has 2 aliphatic carbocycles. The number of nitrogens with two attached hydrogens (primary N) is 1. The minimum Gasteiger partial charge on any atom is -0.393 e. The van der Waals surface area contributed by atoms with Gasteiger partial charge in [-0.3, -0.25) is 48.5 Å². The Morgan fingerprint density at radius 1 is 0.504 bits per heavy atom. The van der Waals surface area contributed by atoms with Crippen LogP contribution in [-0.4, -0.2) is 153 Å². The number of amidine groups is 3. The van der Waals surface area contributed by atoms with Crippen molar-refractivity contribution in [3.63, 3.8) is 0 Å². The number of halogens is 3. The molecule has 4 unspecified atom stereocenters. The molecule has 4 saturated heterocycles. The van der Waals surface area contributed by atoms with Gasteiger partial charge in [0.1, 0.15) is 52.0 Å². The fourth-order valence-electron chi connectivity index (χ4n) is 16.2. The average molecular weight is 1940 g/mol. The van der Waals surface area contributed by atoms with E-state index in [0.717, 1.165) is 107 Å². The maximum atomic E-state index is 13.9. The average Bonchev–Trinajstić information content (AvgIpc) is 1.60. The molecule has 7 heterocycles. The van der Waals surface area contributed by atoms with E-state index >= 15 is 0 Å². The van der Waals surface area contributed by atoms with Crippen molar-refractivity contribution in [1.29, 1.82) is 0 Å². The maximum absolute atomic E-state index is 13.9. The summed E-state index contributed by atoms with van der Waals surface area (Å²) < 4.78 is 41.4. The number of thioether (sulfide) groups is 6. The number of carbonyl (C=O) groups is 7. The summed E-state index contributed by atoms with van der Waals surface area (Å²) >= 11 is 8.75. The molecule has 718 valence electrons. The summed E-state index contributed by atoms with van der Waals surface area (Å²) in [7, 11) is 0. The predicted octanol–water partition coefficient (Wildman–Crippen LogP) is 19.1. The van der Waals surface area contributed by atoms with Crippen LogP contribution in [0.3, 0.4) is 0 Å². The number of nitrogens with zero attached hydrogens (tertiary/aromatic N) is 6. The molecule has 0 spiro atoms. The number of hydrogen-bond donors (Lipinski definition) is 9. The van der Waals surface area contributed by atoms with Crippen molar-refractivity contribution in [3.05, 3.63) is 214 Å². The van der Waals surface area contributed by atoms with E-state index in [1.165, 1.54) is 77.4 Å². The van der Waals surface area contributed by atoms with E-state index in [9.17, 15) is 67.2 Å². The van der Waals surface area contributed by atoms with Gasteiger partial charge in [0.25, 0.3) is 17.7 Å². The number of aliphatic imine (C=N–C) groups is 6. The first-order chi connectivity index (χ1) is 62.5. The normalized spacial score (nSPS) is 28.0. The van der Waals surface area contributed by atoms with E-state index in [1.807, 2.05) is 110 Å². The zero-order chi connectivity index (χ0) is 97.5. The van der Waals surface area contributed by atoms with Gasteiger partial charge in [-0.05, 0) is 245 Å². The minimum atomic E-state index is -1.09. The Morgan fingerprint density at radius 3 is 1.41 bits per heavy atom. The van der Waals surface area contributed by atoms with Gasteiger partial charge in [-0.25, -0.2) is 28.1 Å². The van der Waals surface area contributed by atoms with Crippen LogP contribution in [0.1, 0.15) is 275 Å². The van der Waals surface area contributed by atoms with Crippen molar-refractivity contribution in [3.8, 4) is 0 Å². The highest BCUT2D eigenvalue weighted by molar-refractivity contribution is 8.17. The second kappa shape index (κ2) is 45.9. The second-order valence-electron chi connectivity index (χ2n) is 37.8.